The molecule has 3 rings (SSSR count). The highest BCUT2D eigenvalue weighted by molar-refractivity contribution is 7.92. The molecule has 1 fully saturated rings. The van der Waals surface area contributed by atoms with Crippen molar-refractivity contribution < 1.29 is 23.2 Å². The molecule has 0 aliphatic carbocycles. The van der Waals surface area contributed by atoms with Crippen LogP contribution in [0.4, 0.5) is 5.69 Å². The summed E-state index contributed by atoms with van der Waals surface area (Å²) in [4.78, 5) is 25.5. The molecule has 4 N–H and O–H groups in total. The second kappa shape index (κ2) is 10.4. The Morgan fingerprint density at radius 1 is 1.19 bits per heavy atom. The second-order valence-electron chi connectivity index (χ2n) is 7.69. The summed E-state index contributed by atoms with van der Waals surface area (Å²) in [5, 5.41) is 14.8. The molecule has 1 atom stereocenters. The number of anilines is 1. The second-order valence-corrected chi connectivity index (χ2v) is 11.2. The smallest absolute Gasteiger partial charge is 0.245 e. The van der Waals surface area contributed by atoms with Crippen LogP contribution in [-0.4, -0.2) is 44.3 Å². The Morgan fingerprint density at radius 2 is 2.00 bits per heavy atom. The topological polar surface area (TPSA) is 125 Å². The molecule has 1 aromatic heterocycles. The Morgan fingerprint density at radius 3 is 2.72 bits per heavy atom. The third kappa shape index (κ3) is 5.26. The predicted molar refractivity (Wildman–Crippen MR) is 125 cm³/mol. The van der Waals surface area contributed by atoms with Crippen LogP contribution in [0.1, 0.15) is 30.6 Å². The number of hydroxylamine groups is 1. The number of sulfone groups is 1. The van der Waals surface area contributed by atoms with Gasteiger partial charge in [0.2, 0.25) is 11.8 Å². The van der Waals surface area contributed by atoms with Gasteiger partial charge in [0, 0.05) is 22.0 Å². The van der Waals surface area contributed by atoms with Gasteiger partial charge in [0.15, 0.2) is 9.84 Å². The van der Waals surface area contributed by atoms with Crippen molar-refractivity contribution in [1.29, 1.82) is 0 Å². The van der Waals surface area contributed by atoms with Crippen molar-refractivity contribution in [2.75, 3.05) is 24.2 Å². The third-order valence-electron chi connectivity index (χ3n) is 5.47. The fourth-order valence-electron chi connectivity index (χ4n) is 3.90. The predicted octanol–water partition coefficient (Wildman–Crippen LogP) is 2.82. The third-order valence-corrected chi connectivity index (χ3v) is 9.52. The molecule has 172 valence electrons. The number of hydrogen-bond acceptors (Lipinski definition) is 7. The Bertz CT molecular complexity index is 1100. The summed E-state index contributed by atoms with van der Waals surface area (Å²) in [5.74, 6) is -0.890. The van der Waals surface area contributed by atoms with Gasteiger partial charge in [0.1, 0.15) is 4.75 Å². The van der Waals surface area contributed by atoms with E-state index in [-0.39, 0.29) is 24.6 Å². The Hall–Kier alpha value is -2.53. The summed E-state index contributed by atoms with van der Waals surface area (Å²) in [5.41, 5.74) is 3.03. The van der Waals surface area contributed by atoms with Gasteiger partial charge in [-0.1, -0.05) is 24.6 Å². The van der Waals surface area contributed by atoms with Crippen molar-refractivity contribution in [3.63, 3.8) is 0 Å². The number of carbonyl (C=O) groups excluding carboxylic acids is 2. The lowest BCUT2D eigenvalue weighted by molar-refractivity contribution is -0.130. The molecule has 8 nitrogen and oxygen atoms in total. The molecule has 2 aromatic rings. The first-order valence-corrected chi connectivity index (χ1v) is 12.8. The largest absolute Gasteiger partial charge is 0.325 e. The lowest BCUT2D eigenvalue weighted by Crippen LogP contribution is -2.43. The summed E-state index contributed by atoms with van der Waals surface area (Å²) >= 11 is 1.31. The molecule has 0 spiro atoms. The van der Waals surface area contributed by atoms with Crippen molar-refractivity contribution in [1.82, 2.24) is 10.8 Å². The van der Waals surface area contributed by atoms with E-state index < -0.39 is 20.5 Å². The van der Waals surface area contributed by atoms with Crippen LogP contribution in [0.25, 0.3) is 10.4 Å². The molecule has 10 heteroatoms. The van der Waals surface area contributed by atoms with Crippen molar-refractivity contribution in [3.8, 4) is 10.4 Å². The van der Waals surface area contributed by atoms with Gasteiger partial charge in [0.25, 0.3) is 0 Å². The molecule has 1 aromatic carbocycles. The van der Waals surface area contributed by atoms with E-state index in [9.17, 15) is 18.0 Å². The quantitative estimate of drug-likeness (QED) is 0.191. The Labute approximate surface area is 191 Å². The first kappa shape index (κ1) is 24.1. The molecular weight excluding hydrogens is 450 g/mol. The standard InChI is InChI=1S/C22H27N3O5S2/c1-2-11-23-15-21(27)24-17-7-5-6-16(13-17)18-8-9-19(31-18)22(14-20(26)25-28)10-3-4-12-32(22,29)30/h2,5-9,13,23,28H,1,3-4,10-12,14-15H2,(H,24,27)(H,25,26)/t22-/m0/s1. The zero-order valence-corrected chi connectivity index (χ0v) is 19.2. The van der Waals surface area contributed by atoms with E-state index in [1.165, 1.54) is 11.3 Å². The Balaban J connectivity index is 1.87. The number of benzene rings is 1. The number of carbonyl (C=O) groups is 2. The highest BCUT2D eigenvalue weighted by Crippen LogP contribution is 2.47. The van der Waals surface area contributed by atoms with Crippen LogP contribution in [0.15, 0.2) is 49.1 Å². The zero-order chi connectivity index (χ0) is 23.2. The van der Waals surface area contributed by atoms with Crippen LogP contribution >= 0.6 is 11.3 Å². The summed E-state index contributed by atoms with van der Waals surface area (Å²) < 4.78 is 24.8. The molecule has 2 heterocycles. The van der Waals surface area contributed by atoms with Crippen LogP contribution in [-0.2, 0) is 24.2 Å². The molecule has 2 amide bonds. The molecule has 0 saturated carbocycles. The van der Waals surface area contributed by atoms with Gasteiger partial charge in [-0.3, -0.25) is 14.8 Å². The lowest BCUT2D eigenvalue weighted by atomic mass is 9.94. The number of thiophene rings is 1. The summed E-state index contributed by atoms with van der Waals surface area (Å²) in [6.07, 6.45) is 2.93. The normalized spacial score (nSPS) is 19.8. The first-order valence-electron chi connectivity index (χ1n) is 10.3. The molecule has 32 heavy (non-hydrogen) atoms. The molecule has 1 aliphatic rings. The number of nitrogens with one attached hydrogen (secondary N) is 3. The number of amides is 2. The van der Waals surface area contributed by atoms with Crippen molar-refractivity contribution in [3.05, 3.63) is 53.9 Å². The lowest BCUT2D eigenvalue weighted by Gasteiger charge is -2.35. The van der Waals surface area contributed by atoms with Crippen molar-refractivity contribution >= 4 is 38.7 Å². The van der Waals surface area contributed by atoms with Crippen LogP contribution in [0.3, 0.4) is 0 Å². The maximum atomic E-state index is 13.1. The van der Waals surface area contributed by atoms with Crippen LogP contribution < -0.4 is 16.1 Å². The minimum Gasteiger partial charge on any atom is -0.325 e. The molecule has 0 unspecified atom stereocenters. The van der Waals surface area contributed by atoms with Gasteiger partial charge in [-0.05, 0) is 42.7 Å². The monoisotopic (exact) mass is 477 g/mol. The minimum absolute atomic E-state index is 0.0142. The van der Waals surface area contributed by atoms with Crippen LogP contribution in [0.5, 0.6) is 0 Å². The van der Waals surface area contributed by atoms with E-state index in [2.05, 4.69) is 17.2 Å². The van der Waals surface area contributed by atoms with Gasteiger partial charge >= 0.3 is 0 Å². The number of rotatable bonds is 9. The molecular formula is C22H27N3O5S2. The van der Waals surface area contributed by atoms with E-state index in [1.807, 2.05) is 24.3 Å². The van der Waals surface area contributed by atoms with E-state index in [0.717, 1.165) is 10.4 Å². The van der Waals surface area contributed by atoms with E-state index >= 15 is 0 Å². The summed E-state index contributed by atoms with van der Waals surface area (Å²) in [6, 6.07) is 10.9. The van der Waals surface area contributed by atoms with Crippen LogP contribution in [0.2, 0.25) is 0 Å². The highest BCUT2D eigenvalue weighted by atomic mass is 32.2. The summed E-state index contributed by atoms with van der Waals surface area (Å²) in [6.45, 7) is 4.28. The van der Waals surface area contributed by atoms with Gasteiger partial charge in [-0.2, -0.15) is 0 Å². The van der Waals surface area contributed by atoms with E-state index in [4.69, 9.17) is 5.21 Å². The molecule has 0 bridgehead atoms. The maximum Gasteiger partial charge on any atom is 0.245 e. The molecule has 0 radical (unpaired) electrons. The highest BCUT2D eigenvalue weighted by Gasteiger charge is 2.49. The molecule has 1 aliphatic heterocycles. The van der Waals surface area contributed by atoms with Crippen molar-refractivity contribution in [2.45, 2.75) is 30.4 Å². The van der Waals surface area contributed by atoms with Gasteiger partial charge < -0.3 is 10.6 Å². The maximum absolute atomic E-state index is 13.1. The minimum atomic E-state index is -3.58. The first-order chi connectivity index (χ1) is 15.3. The van der Waals surface area contributed by atoms with Crippen LogP contribution in [0, 0.1) is 0 Å². The average molecular weight is 478 g/mol. The van der Waals surface area contributed by atoms with E-state index in [1.54, 1.807) is 23.7 Å². The van der Waals surface area contributed by atoms with Gasteiger partial charge in [-0.25, -0.2) is 13.9 Å². The molecule has 1 saturated heterocycles. The van der Waals surface area contributed by atoms with E-state index in [0.29, 0.717) is 36.4 Å². The SMILES string of the molecule is C=CCNCC(=O)Nc1cccc(-c2ccc([C@@]3(CC(=O)NO)CCCCS3(=O)=O)s2)c1. The zero-order valence-electron chi connectivity index (χ0n) is 17.6. The van der Waals surface area contributed by atoms with Crippen molar-refractivity contribution in [2.24, 2.45) is 0 Å². The summed E-state index contributed by atoms with van der Waals surface area (Å²) in [7, 11) is -3.58. The van der Waals surface area contributed by atoms with Gasteiger partial charge in [0.05, 0.1) is 18.7 Å². The fraction of sp³-hybridized carbons (Fsp3) is 0.364. The number of hydrogen-bond donors (Lipinski definition) is 4. The fourth-order valence-corrected chi connectivity index (χ4v) is 7.67. The van der Waals surface area contributed by atoms with Gasteiger partial charge in [-0.15, -0.1) is 17.9 Å². The Kier molecular flexibility index (Phi) is 7.83. The average Bonchev–Trinajstić information content (AvgIpc) is 3.26.